The molecule has 0 amide bonds. The SMILES string of the molecule is Cc1cc(F)cc(C)c1-c1ccc(N)cc1F. The van der Waals surface area contributed by atoms with Gasteiger partial charge in [-0.25, -0.2) is 8.78 Å². The zero-order valence-corrected chi connectivity index (χ0v) is 9.72. The van der Waals surface area contributed by atoms with Crippen LogP contribution in [0.1, 0.15) is 11.1 Å². The number of aryl methyl sites for hydroxylation is 2. The first-order valence-electron chi connectivity index (χ1n) is 5.31. The Hall–Kier alpha value is -1.90. The maximum absolute atomic E-state index is 13.8. The third kappa shape index (κ3) is 2.13. The molecule has 0 saturated heterocycles. The van der Waals surface area contributed by atoms with Gasteiger partial charge >= 0.3 is 0 Å². The van der Waals surface area contributed by atoms with Crippen molar-refractivity contribution in [1.29, 1.82) is 0 Å². The van der Waals surface area contributed by atoms with Crippen LogP contribution in [0.2, 0.25) is 0 Å². The Morgan fingerprint density at radius 1 is 0.941 bits per heavy atom. The highest BCUT2D eigenvalue weighted by Gasteiger charge is 2.12. The molecule has 0 saturated carbocycles. The lowest BCUT2D eigenvalue weighted by Gasteiger charge is -2.11. The average molecular weight is 233 g/mol. The summed E-state index contributed by atoms with van der Waals surface area (Å²) in [5.74, 6) is -0.692. The van der Waals surface area contributed by atoms with Gasteiger partial charge in [-0.2, -0.15) is 0 Å². The molecule has 0 bridgehead atoms. The van der Waals surface area contributed by atoms with Gasteiger partial charge in [-0.15, -0.1) is 0 Å². The molecular formula is C14H13F2N. The highest BCUT2D eigenvalue weighted by molar-refractivity contribution is 5.72. The van der Waals surface area contributed by atoms with Gasteiger partial charge in [0, 0.05) is 11.3 Å². The van der Waals surface area contributed by atoms with Gasteiger partial charge in [0.2, 0.25) is 0 Å². The Kier molecular flexibility index (Phi) is 2.84. The second-order valence-corrected chi connectivity index (χ2v) is 4.15. The van der Waals surface area contributed by atoms with E-state index in [4.69, 9.17) is 5.73 Å². The number of rotatable bonds is 1. The Balaban J connectivity index is 2.68. The van der Waals surface area contributed by atoms with Gasteiger partial charge in [0.1, 0.15) is 11.6 Å². The summed E-state index contributed by atoms with van der Waals surface area (Å²) in [4.78, 5) is 0. The van der Waals surface area contributed by atoms with Gasteiger partial charge in [-0.05, 0) is 60.9 Å². The summed E-state index contributed by atoms with van der Waals surface area (Å²) in [6, 6.07) is 7.34. The van der Waals surface area contributed by atoms with Crippen LogP contribution in [0.15, 0.2) is 30.3 Å². The smallest absolute Gasteiger partial charge is 0.133 e. The number of anilines is 1. The fraction of sp³-hybridized carbons (Fsp3) is 0.143. The van der Waals surface area contributed by atoms with Crippen LogP contribution in [0.5, 0.6) is 0 Å². The monoisotopic (exact) mass is 233 g/mol. The van der Waals surface area contributed by atoms with Crippen LogP contribution >= 0.6 is 0 Å². The van der Waals surface area contributed by atoms with Crippen LogP contribution in [-0.4, -0.2) is 0 Å². The van der Waals surface area contributed by atoms with Crippen LogP contribution in [0.25, 0.3) is 11.1 Å². The van der Waals surface area contributed by atoms with Gasteiger partial charge in [0.25, 0.3) is 0 Å². The molecule has 0 spiro atoms. The van der Waals surface area contributed by atoms with Gasteiger partial charge in [-0.3, -0.25) is 0 Å². The standard InChI is InChI=1S/C14H13F2N/c1-8-5-10(15)6-9(2)14(8)12-4-3-11(17)7-13(12)16/h3-7H,17H2,1-2H3. The van der Waals surface area contributed by atoms with Crippen molar-refractivity contribution < 1.29 is 8.78 Å². The van der Waals surface area contributed by atoms with Crippen molar-refractivity contribution in [1.82, 2.24) is 0 Å². The quantitative estimate of drug-likeness (QED) is 0.744. The number of nitrogen functional groups attached to an aromatic ring is 1. The molecule has 0 aromatic heterocycles. The van der Waals surface area contributed by atoms with Crippen LogP contribution in [0.3, 0.4) is 0 Å². The highest BCUT2D eigenvalue weighted by Crippen LogP contribution is 2.30. The molecule has 2 aromatic carbocycles. The molecule has 88 valence electrons. The van der Waals surface area contributed by atoms with Crippen molar-refractivity contribution in [3.63, 3.8) is 0 Å². The highest BCUT2D eigenvalue weighted by atomic mass is 19.1. The molecular weight excluding hydrogens is 220 g/mol. The van der Waals surface area contributed by atoms with E-state index in [2.05, 4.69) is 0 Å². The molecule has 2 rings (SSSR count). The number of nitrogens with two attached hydrogens (primary N) is 1. The van der Waals surface area contributed by atoms with E-state index in [0.717, 1.165) is 5.56 Å². The van der Waals surface area contributed by atoms with Crippen molar-refractivity contribution in [3.8, 4) is 11.1 Å². The molecule has 0 aliphatic carbocycles. The van der Waals surface area contributed by atoms with Gasteiger partial charge in [0.15, 0.2) is 0 Å². The third-order valence-corrected chi connectivity index (χ3v) is 2.76. The summed E-state index contributed by atoms with van der Waals surface area (Å²) in [7, 11) is 0. The Bertz CT molecular complexity index is 553. The second kappa shape index (κ2) is 4.17. The Labute approximate surface area is 98.9 Å². The zero-order valence-electron chi connectivity index (χ0n) is 9.72. The van der Waals surface area contributed by atoms with Crippen molar-refractivity contribution in [2.24, 2.45) is 0 Å². The molecule has 0 aliphatic rings. The predicted molar refractivity (Wildman–Crippen MR) is 65.7 cm³/mol. The first-order chi connectivity index (χ1) is 7.99. The first kappa shape index (κ1) is 11.6. The number of benzene rings is 2. The van der Waals surface area contributed by atoms with E-state index in [9.17, 15) is 8.78 Å². The molecule has 0 unspecified atom stereocenters. The minimum Gasteiger partial charge on any atom is -0.399 e. The molecule has 17 heavy (non-hydrogen) atoms. The maximum atomic E-state index is 13.8. The van der Waals surface area contributed by atoms with Crippen LogP contribution in [0, 0.1) is 25.5 Å². The van der Waals surface area contributed by atoms with Crippen LogP contribution in [-0.2, 0) is 0 Å². The topological polar surface area (TPSA) is 26.0 Å². The first-order valence-corrected chi connectivity index (χ1v) is 5.31. The minimum atomic E-state index is -0.386. The number of hydrogen-bond donors (Lipinski definition) is 1. The van der Waals surface area contributed by atoms with E-state index < -0.39 is 0 Å². The third-order valence-electron chi connectivity index (χ3n) is 2.76. The molecule has 2 N–H and O–H groups in total. The average Bonchev–Trinajstić information content (AvgIpc) is 2.19. The van der Waals surface area contributed by atoms with E-state index in [1.807, 2.05) is 0 Å². The molecule has 1 nitrogen and oxygen atoms in total. The van der Waals surface area contributed by atoms with Gasteiger partial charge in [0.05, 0.1) is 0 Å². The van der Waals surface area contributed by atoms with Crippen LogP contribution < -0.4 is 5.73 Å². The lowest BCUT2D eigenvalue weighted by atomic mass is 9.95. The summed E-state index contributed by atoms with van der Waals surface area (Å²) in [5.41, 5.74) is 8.49. The number of hydrogen-bond acceptors (Lipinski definition) is 1. The van der Waals surface area contributed by atoms with E-state index >= 15 is 0 Å². The molecule has 0 aliphatic heterocycles. The summed E-state index contributed by atoms with van der Waals surface area (Å²) >= 11 is 0. The van der Waals surface area contributed by atoms with Crippen molar-refractivity contribution >= 4 is 5.69 Å². The predicted octanol–water partition coefficient (Wildman–Crippen LogP) is 3.83. The molecule has 3 heteroatoms. The largest absolute Gasteiger partial charge is 0.399 e. The Morgan fingerprint density at radius 3 is 2.06 bits per heavy atom. The summed E-state index contributed by atoms with van der Waals surface area (Å²) in [6.45, 7) is 3.53. The van der Waals surface area contributed by atoms with Crippen molar-refractivity contribution in [3.05, 3.63) is 53.1 Å². The second-order valence-electron chi connectivity index (χ2n) is 4.15. The summed E-state index contributed by atoms with van der Waals surface area (Å²) in [5, 5.41) is 0. The molecule has 0 radical (unpaired) electrons. The van der Waals surface area contributed by atoms with E-state index in [1.54, 1.807) is 26.0 Å². The van der Waals surface area contributed by atoms with E-state index in [1.165, 1.54) is 18.2 Å². The molecule has 0 heterocycles. The zero-order chi connectivity index (χ0) is 12.6. The number of halogens is 2. The van der Waals surface area contributed by atoms with Gasteiger partial charge < -0.3 is 5.73 Å². The normalized spacial score (nSPS) is 10.6. The van der Waals surface area contributed by atoms with Crippen molar-refractivity contribution in [2.45, 2.75) is 13.8 Å². The lowest BCUT2D eigenvalue weighted by molar-refractivity contribution is 0.623. The van der Waals surface area contributed by atoms with Crippen LogP contribution in [0.4, 0.5) is 14.5 Å². The molecule has 0 fully saturated rings. The lowest BCUT2D eigenvalue weighted by Crippen LogP contribution is -1.95. The fourth-order valence-electron chi connectivity index (χ4n) is 2.07. The Morgan fingerprint density at radius 2 is 1.53 bits per heavy atom. The summed E-state index contributed by atoms with van der Waals surface area (Å²) in [6.07, 6.45) is 0. The van der Waals surface area contributed by atoms with E-state index in [0.29, 0.717) is 22.4 Å². The van der Waals surface area contributed by atoms with E-state index in [-0.39, 0.29) is 11.6 Å². The maximum Gasteiger partial charge on any atom is 0.133 e. The van der Waals surface area contributed by atoms with Crippen molar-refractivity contribution in [2.75, 3.05) is 5.73 Å². The minimum absolute atomic E-state index is 0.306. The molecule has 0 atom stereocenters. The fourth-order valence-corrected chi connectivity index (χ4v) is 2.07. The van der Waals surface area contributed by atoms with Gasteiger partial charge in [-0.1, -0.05) is 0 Å². The summed E-state index contributed by atoms with van der Waals surface area (Å²) < 4.78 is 27.0. The molecule has 2 aromatic rings.